The molecule has 0 aliphatic rings. The molecule has 5 nitrogen and oxygen atoms in total. The monoisotopic (exact) mass is 287 g/mol. The summed E-state index contributed by atoms with van der Waals surface area (Å²) in [5, 5.41) is 9.17. The molecule has 0 aliphatic carbocycles. The van der Waals surface area contributed by atoms with Crippen LogP contribution in [0.15, 0.2) is 23.1 Å². The number of nitrogens with one attached hydrogen (secondary N) is 1. The van der Waals surface area contributed by atoms with Crippen molar-refractivity contribution in [2.75, 3.05) is 6.54 Å². The van der Waals surface area contributed by atoms with E-state index in [-0.39, 0.29) is 28.1 Å². The molecule has 1 unspecified atom stereocenters. The zero-order valence-electron chi connectivity index (χ0n) is 9.85. The minimum Gasteiger partial charge on any atom is -0.329 e. The average Bonchev–Trinajstić information content (AvgIpc) is 2.36. The normalized spacial score (nSPS) is 13.0. The molecular weight excluding hydrogens is 274 g/mol. The van der Waals surface area contributed by atoms with Crippen molar-refractivity contribution >= 4 is 21.6 Å². The number of hydrogen-bond donors (Lipinski definition) is 2. The Morgan fingerprint density at radius 2 is 2.22 bits per heavy atom. The first-order valence-electron chi connectivity index (χ1n) is 5.36. The average molecular weight is 288 g/mol. The molecule has 1 aromatic rings. The third-order valence-corrected chi connectivity index (χ3v) is 4.25. The third-order valence-electron chi connectivity index (χ3n) is 2.45. The standard InChI is InChI=1S/C11H14ClN3O2S/c1-2-10(7-14)15-18(16,17)11-5-9(12)4-3-8(11)6-13/h3-5,10,15H,2,7,14H2,1H3. The van der Waals surface area contributed by atoms with Gasteiger partial charge in [0.1, 0.15) is 11.0 Å². The first-order valence-corrected chi connectivity index (χ1v) is 7.22. The quantitative estimate of drug-likeness (QED) is 0.851. The minimum atomic E-state index is -3.79. The van der Waals surface area contributed by atoms with Gasteiger partial charge in [-0.1, -0.05) is 18.5 Å². The van der Waals surface area contributed by atoms with Crippen molar-refractivity contribution in [3.05, 3.63) is 28.8 Å². The van der Waals surface area contributed by atoms with Crippen LogP contribution < -0.4 is 10.5 Å². The molecule has 0 spiro atoms. The molecule has 18 heavy (non-hydrogen) atoms. The van der Waals surface area contributed by atoms with Crippen LogP contribution in [0, 0.1) is 11.3 Å². The molecular formula is C11H14ClN3O2S. The Kier molecular flexibility index (Phi) is 5.11. The van der Waals surface area contributed by atoms with E-state index in [4.69, 9.17) is 22.6 Å². The molecule has 1 atom stereocenters. The number of nitriles is 1. The summed E-state index contributed by atoms with van der Waals surface area (Å²) in [7, 11) is -3.79. The molecule has 0 amide bonds. The molecule has 0 bridgehead atoms. The summed E-state index contributed by atoms with van der Waals surface area (Å²) in [5.74, 6) is 0. The van der Waals surface area contributed by atoms with Gasteiger partial charge in [0.25, 0.3) is 0 Å². The lowest BCUT2D eigenvalue weighted by atomic mass is 10.2. The minimum absolute atomic E-state index is 0.0544. The largest absolute Gasteiger partial charge is 0.329 e. The third kappa shape index (κ3) is 3.43. The summed E-state index contributed by atoms with van der Waals surface area (Å²) >= 11 is 5.76. The predicted molar refractivity (Wildman–Crippen MR) is 69.6 cm³/mol. The van der Waals surface area contributed by atoms with Gasteiger partial charge in [-0.25, -0.2) is 13.1 Å². The Morgan fingerprint density at radius 1 is 1.56 bits per heavy atom. The number of nitrogens with zero attached hydrogens (tertiary/aromatic N) is 1. The topological polar surface area (TPSA) is 96.0 Å². The molecule has 7 heteroatoms. The van der Waals surface area contributed by atoms with E-state index in [1.54, 1.807) is 0 Å². The molecule has 0 aromatic heterocycles. The van der Waals surface area contributed by atoms with Gasteiger partial charge >= 0.3 is 0 Å². The molecule has 0 heterocycles. The van der Waals surface area contributed by atoms with Gasteiger partial charge < -0.3 is 5.73 Å². The highest BCUT2D eigenvalue weighted by Crippen LogP contribution is 2.20. The summed E-state index contributed by atoms with van der Waals surface area (Å²) in [5.41, 5.74) is 5.51. The van der Waals surface area contributed by atoms with E-state index in [9.17, 15) is 8.42 Å². The smallest absolute Gasteiger partial charge is 0.242 e. The maximum absolute atomic E-state index is 12.1. The Hall–Kier alpha value is -1.13. The molecule has 1 rings (SSSR count). The van der Waals surface area contributed by atoms with Gasteiger partial charge in [-0.2, -0.15) is 5.26 Å². The molecule has 0 radical (unpaired) electrons. The van der Waals surface area contributed by atoms with Crippen molar-refractivity contribution in [3.63, 3.8) is 0 Å². The van der Waals surface area contributed by atoms with Gasteiger partial charge in [0.2, 0.25) is 10.0 Å². The van der Waals surface area contributed by atoms with Crippen molar-refractivity contribution in [2.24, 2.45) is 5.73 Å². The Morgan fingerprint density at radius 3 is 2.72 bits per heavy atom. The SMILES string of the molecule is CCC(CN)NS(=O)(=O)c1cc(Cl)ccc1C#N. The maximum atomic E-state index is 12.1. The summed E-state index contributed by atoms with van der Waals surface area (Å²) in [6.45, 7) is 2.02. The number of benzene rings is 1. The highest BCUT2D eigenvalue weighted by atomic mass is 35.5. The van der Waals surface area contributed by atoms with E-state index in [0.717, 1.165) is 0 Å². The Labute approximate surface area is 112 Å². The second-order valence-corrected chi connectivity index (χ2v) is 5.83. The molecule has 1 aromatic carbocycles. The highest BCUT2D eigenvalue weighted by Gasteiger charge is 2.21. The Balaban J connectivity index is 3.20. The second-order valence-electron chi connectivity index (χ2n) is 3.71. The fourth-order valence-electron chi connectivity index (χ4n) is 1.39. The fraction of sp³-hybridized carbons (Fsp3) is 0.364. The van der Waals surface area contributed by atoms with Crippen molar-refractivity contribution in [1.29, 1.82) is 5.26 Å². The number of rotatable bonds is 5. The van der Waals surface area contributed by atoms with E-state index in [0.29, 0.717) is 6.42 Å². The molecule has 3 N–H and O–H groups in total. The molecule has 0 saturated heterocycles. The van der Waals surface area contributed by atoms with E-state index >= 15 is 0 Å². The van der Waals surface area contributed by atoms with Crippen molar-refractivity contribution in [2.45, 2.75) is 24.3 Å². The summed E-state index contributed by atoms with van der Waals surface area (Å²) in [4.78, 5) is -0.121. The van der Waals surface area contributed by atoms with Crippen LogP contribution in [0.25, 0.3) is 0 Å². The number of nitrogens with two attached hydrogens (primary N) is 1. The predicted octanol–water partition coefficient (Wildman–Crippen LogP) is 1.23. The summed E-state index contributed by atoms with van der Waals surface area (Å²) in [6.07, 6.45) is 0.568. The lowest BCUT2D eigenvalue weighted by Crippen LogP contribution is -2.39. The van der Waals surface area contributed by atoms with E-state index in [1.165, 1.54) is 18.2 Å². The summed E-state index contributed by atoms with van der Waals surface area (Å²) < 4.78 is 26.7. The summed E-state index contributed by atoms with van der Waals surface area (Å²) in [6, 6.07) is 5.57. The molecule has 0 fully saturated rings. The molecule has 0 aliphatic heterocycles. The van der Waals surface area contributed by atoms with Gasteiger partial charge in [-0.15, -0.1) is 0 Å². The van der Waals surface area contributed by atoms with Crippen molar-refractivity contribution in [1.82, 2.24) is 4.72 Å². The number of halogens is 1. The lowest BCUT2D eigenvalue weighted by Gasteiger charge is -2.15. The van der Waals surface area contributed by atoms with Crippen LogP contribution in [-0.4, -0.2) is 21.0 Å². The first-order chi connectivity index (χ1) is 8.44. The van der Waals surface area contributed by atoms with Crippen LogP contribution in [0.3, 0.4) is 0 Å². The number of hydrogen-bond acceptors (Lipinski definition) is 4. The van der Waals surface area contributed by atoms with Gasteiger partial charge in [0, 0.05) is 17.6 Å². The number of sulfonamides is 1. The van der Waals surface area contributed by atoms with Crippen LogP contribution in [-0.2, 0) is 10.0 Å². The van der Waals surface area contributed by atoms with Crippen LogP contribution in [0.1, 0.15) is 18.9 Å². The zero-order chi connectivity index (χ0) is 13.8. The molecule has 98 valence electrons. The van der Waals surface area contributed by atoms with Crippen LogP contribution >= 0.6 is 11.6 Å². The van der Waals surface area contributed by atoms with Crippen LogP contribution in [0.4, 0.5) is 0 Å². The van der Waals surface area contributed by atoms with Crippen LogP contribution in [0.5, 0.6) is 0 Å². The van der Waals surface area contributed by atoms with Crippen LogP contribution in [0.2, 0.25) is 5.02 Å². The maximum Gasteiger partial charge on any atom is 0.242 e. The van der Waals surface area contributed by atoms with E-state index in [1.807, 2.05) is 13.0 Å². The van der Waals surface area contributed by atoms with Gasteiger partial charge in [0.05, 0.1) is 5.56 Å². The van der Waals surface area contributed by atoms with E-state index < -0.39 is 10.0 Å². The zero-order valence-corrected chi connectivity index (χ0v) is 11.4. The van der Waals surface area contributed by atoms with E-state index in [2.05, 4.69) is 4.72 Å². The van der Waals surface area contributed by atoms with Crippen molar-refractivity contribution in [3.8, 4) is 6.07 Å². The first kappa shape index (κ1) is 14.9. The van der Waals surface area contributed by atoms with Gasteiger partial charge in [0.15, 0.2) is 0 Å². The van der Waals surface area contributed by atoms with Crippen molar-refractivity contribution < 1.29 is 8.42 Å². The van der Waals surface area contributed by atoms with Gasteiger partial charge in [-0.3, -0.25) is 0 Å². The highest BCUT2D eigenvalue weighted by molar-refractivity contribution is 7.89. The molecule has 0 saturated carbocycles. The van der Waals surface area contributed by atoms with Gasteiger partial charge in [-0.05, 0) is 24.6 Å². The lowest BCUT2D eigenvalue weighted by molar-refractivity contribution is 0.542. The second kappa shape index (κ2) is 6.16. The fourth-order valence-corrected chi connectivity index (χ4v) is 3.14. The Bertz CT molecular complexity index is 562.